The van der Waals surface area contributed by atoms with E-state index in [1.807, 2.05) is 6.92 Å². The van der Waals surface area contributed by atoms with E-state index < -0.39 is 0 Å². The lowest BCUT2D eigenvalue weighted by Gasteiger charge is -2.08. The van der Waals surface area contributed by atoms with E-state index in [1.54, 1.807) is 0 Å². The maximum atomic E-state index is 5.03. The number of hydrogen-bond donors (Lipinski definition) is 0. The van der Waals surface area contributed by atoms with Gasteiger partial charge in [-0.25, -0.2) is 0 Å². The lowest BCUT2D eigenvalue weighted by molar-refractivity contribution is 0.280. The molecule has 7 heavy (non-hydrogen) atoms. The summed E-state index contributed by atoms with van der Waals surface area (Å²) in [6.45, 7) is 3.69. The Balaban J connectivity index is 2.40. The quantitative estimate of drug-likeness (QED) is 0.440. The van der Waals surface area contributed by atoms with Crippen molar-refractivity contribution >= 4 is 5.90 Å². The van der Waals surface area contributed by atoms with E-state index in [-0.39, 0.29) is 0 Å². The fraction of sp³-hybridized carbons (Fsp3) is 0.800. The van der Waals surface area contributed by atoms with Gasteiger partial charge in [-0.05, 0) is 0 Å². The Morgan fingerprint density at radius 2 is 2.57 bits per heavy atom. The van der Waals surface area contributed by atoms with Crippen molar-refractivity contribution in [1.82, 2.24) is 0 Å². The summed E-state index contributed by atoms with van der Waals surface area (Å²) in [6, 6.07) is 0. The van der Waals surface area contributed by atoms with Crippen molar-refractivity contribution in [2.24, 2.45) is 4.99 Å². The van der Waals surface area contributed by atoms with Gasteiger partial charge in [0.05, 0.1) is 6.61 Å². The Morgan fingerprint density at radius 3 is 2.86 bits per heavy atom. The Hall–Kier alpha value is -0.530. The van der Waals surface area contributed by atoms with Crippen molar-refractivity contribution in [2.45, 2.75) is 13.3 Å². The van der Waals surface area contributed by atoms with Crippen LogP contribution in [-0.2, 0) is 4.74 Å². The second-order valence-corrected chi connectivity index (χ2v) is 1.60. The van der Waals surface area contributed by atoms with Crippen molar-refractivity contribution < 1.29 is 4.74 Å². The zero-order valence-corrected chi connectivity index (χ0v) is 4.48. The summed E-state index contributed by atoms with van der Waals surface area (Å²) in [6.07, 6.45) is 1.08. The fourth-order valence-electron chi connectivity index (χ4n) is 0.567. The molecule has 40 valence electrons. The van der Waals surface area contributed by atoms with E-state index in [4.69, 9.17) is 4.74 Å². The molecule has 0 amide bonds. The molecule has 2 nitrogen and oxygen atoms in total. The van der Waals surface area contributed by atoms with Gasteiger partial charge in [0, 0.05) is 19.9 Å². The largest absolute Gasteiger partial charge is 0.481 e. The average molecular weight is 99.1 g/mol. The van der Waals surface area contributed by atoms with Crippen molar-refractivity contribution in [2.75, 3.05) is 13.2 Å². The Labute approximate surface area is 43.2 Å². The molecule has 0 aromatic heterocycles. The lowest BCUT2D eigenvalue weighted by Crippen LogP contribution is -2.09. The highest BCUT2D eigenvalue weighted by atomic mass is 16.5. The first-order chi connectivity index (χ1) is 3.39. The third kappa shape index (κ3) is 1.18. The van der Waals surface area contributed by atoms with Crippen molar-refractivity contribution in [3.63, 3.8) is 0 Å². The van der Waals surface area contributed by atoms with E-state index in [9.17, 15) is 0 Å². The van der Waals surface area contributed by atoms with Crippen LogP contribution in [0, 0.1) is 0 Å². The maximum Gasteiger partial charge on any atom is 0.179 e. The second kappa shape index (κ2) is 1.96. The van der Waals surface area contributed by atoms with E-state index in [0.29, 0.717) is 0 Å². The first-order valence-electron chi connectivity index (χ1n) is 2.53. The number of nitrogens with zero attached hydrogens (tertiary/aromatic N) is 1. The highest BCUT2D eigenvalue weighted by Gasteiger charge is 1.96. The molecule has 0 bridgehead atoms. The molecule has 1 aliphatic heterocycles. The molecule has 1 rings (SSSR count). The van der Waals surface area contributed by atoms with Gasteiger partial charge in [0.1, 0.15) is 0 Å². The van der Waals surface area contributed by atoms with E-state index >= 15 is 0 Å². The van der Waals surface area contributed by atoms with Gasteiger partial charge >= 0.3 is 0 Å². The molecule has 1 heterocycles. The maximum absolute atomic E-state index is 5.03. The Morgan fingerprint density at radius 1 is 1.71 bits per heavy atom. The third-order valence-corrected chi connectivity index (χ3v) is 0.948. The number of hydrogen-bond acceptors (Lipinski definition) is 2. The van der Waals surface area contributed by atoms with Crippen molar-refractivity contribution in [1.29, 1.82) is 0 Å². The topological polar surface area (TPSA) is 21.6 Å². The van der Waals surface area contributed by atoms with Crippen LogP contribution in [0.5, 0.6) is 0 Å². The molecule has 0 spiro atoms. The van der Waals surface area contributed by atoms with E-state index in [1.165, 1.54) is 0 Å². The van der Waals surface area contributed by atoms with Gasteiger partial charge in [-0.2, -0.15) is 0 Å². The minimum Gasteiger partial charge on any atom is -0.481 e. The number of aliphatic imine (C=N–C) groups is 1. The van der Waals surface area contributed by atoms with Crippen LogP contribution in [0.2, 0.25) is 0 Å². The van der Waals surface area contributed by atoms with Crippen LogP contribution < -0.4 is 0 Å². The van der Waals surface area contributed by atoms with Crippen LogP contribution in [-0.4, -0.2) is 19.0 Å². The van der Waals surface area contributed by atoms with E-state index in [0.717, 1.165) is 25.5 Å². The normalized spacial score (nSPS) is 20.4. The summed E-state index contributed by atoms with van der Waals surface area (Å²) < 4.78 is 5.03. The molecule has 0 unspecified atom stereocenters. The second-order valence-electron chi connectivity index (χ2n) is 1.60. The highest BCUT2D eigenvalue weighted by Crippen LogP contribution is 1.93. The van der Waals surface area contributed by atoms with Crippen molar-refractivity contribution in [3.8, 4) is 0 Å². The fourth-order valence-corrected chi connectivity index (χ4v) is 0.567. The van der Waals surface area contributed by atoms with Crippen LogP contribution in [0.15, 0.2) is 4.99 Å². The van der Waals surface area contributed by atoms with Gasteiger partial charge in [0.15, 0.2) is 5.90 Å². The third-order valence-electron chi connectivity index (χ3n) is 0.948. The molecular formula is C5H9NO. The molecule has 0 N–H and O–H groups in total. The summed E-state index contributed by atoms with van der Waals surface area (Å²) >= 11 is 0. The van der Waals surface area contributed by atoms with Gasteiger partial charge in [0.25, 0.3) is 0 Å². The van der Waals surface area contributed by atoms with Gasteiger partial charge < -0.3 is 4.74 Å². The molecule has 1 aliphatic rings. The SMILES string of the molecule is CC1=NCCCO1. The van der Waals surface area contributed by atoms with Crippen molar-refractivity contribution in [3.05, 3.63) is 0 Å². The Kier molecular flexibility index (Phi) is 1.29. The van der Waals surface area contributed by atoms with E-state index in [2.05, 4.69) is 4.99 Å². The average Bonchev–Trinajstić information content (AvgIpc) is 1.69. The van der Waals surface area contributed by atoms with Crippen LogP contribution >= 0.6 is 0 Å². The minimum absolute atomic E-state index is 0.839. The standard InChI is InChI=1S/C5H9NO/c1-5-6-3-2-4-7-5/h2-4H2,1H3. The number of rotatable bonds is 0. The van der Waals surface area contributed by atoms with Crippen LogP contribution in [0.1, 0.15) is 13.3 Å². The molecule has 0 saturated carbocycles. The zero-order valence-electron chi connectivity index (χ0n) is 4.48. The molecule has 0 radical (unpaired) electrons. The van der Waals surface area contributed by atoms with Gasteiger partial charge in [-0.15, -0.1) is 0 Å². The van der Waals surface area contributed by atoms with Gasteiger partial charge in [-0.3, -0.25) is 4.99 Å². The Bertz CT molecular complexity index is 88.1. The van der Waals surface area contributed by atoms with Crippen LogP contribution in [0.25, 0.3) is 0 Å². The van der Waals surface area contributed by atoms with Crippen LogP contribution in [0.3, 0.4) is 0 Å². The molecule has 0 aromatic carbocycles. The number of ether oxygens (including phenoxy) is 1. The first-order valence-corrected chi connectivity index (χ1v) is 2.53. The predicted molar refractivity (Wildman–Crippen MR) is 28.5 cm³/mol. The minimum atomic E-state index is 0.839. The molecule has 0 aromatic rings. The summed E-state index contributed by atoms with van der Waals surface area (Å²) in [5.41, 5.74) is 0. The first kappa shape index (κ1) is 4.62. The molecular weight excluding hydrogens is 90.1 g/mol. The monoisotopic (exact) mass is 99.1 g/mol. The summed E-state index contributed by atoms with van der Waals surface area (Å²) in [4.78, 5) is 4.02. The smallest absolute Gasteiger partial charge is 0.179 e. The summed E-state index contributed by atoms with van der Waals surface area (Å²) in [7, 11) is 0. The lowest BCUT2D eigenvalue weighted by atomic mass is 10.4. The molecule has 0 fully saturated rings. The van der Waals surface area contributed by atoms with Gasteiger partial charge in [-0.1, -0.05) is 0 Å². The van der Waals surface area contributed by atoms with Gasteiger partial charge in [0.2, 0.25) is 0 Å². The predicted octanol–water partition coefficient (Wildman–Crippen LogP) is 0.825. The zero-order chi connectivity index (χ0) is 5.11. The molecule has 0 saturated heterocycles. The molecule has 0 atom stereocenters. The highest BCUT2D eigenvalue weighted by molar-refractivity contribution is 5.73. The summed E-state index contributed by atoms with van der Waals surface area (Å²) in [5.74, 6) is 0.839. The molecule has 0 aliphatic carbocycles. The molecule has 2 heteroatoms. The summed E-state index contributed by atoms with van der Waals surface area (Å²) in [5, 5.41) is 0. The van der Waals surface area contributed by atoms with Crippen LogP contribution in [0.4, 0.5) is 0 Å².